The summed E-state index contributed by atoms with van der Waals surface area (Å²) in [5.74, 6) is -3.39. The molecule has 6 rings (SSSR count). The van der Waals surface area contributed by atoms with E-state index in [0.717, 1.165) is 0 Å². The molecule has 0 aromatic carbocycles. The first-order valence-corrected chi connectivity index (χ1v) is 14.6. The fourth-order valence-corrected chi connectivity index (χ4v) is 6.51. The number of rotatable bonds is 9. The fourth-order valence-electron chi connectivity index (χ4n) is 6.51. The molecule has 41 heavy (non-hydrogen) atoms. The summed E-state index contributed by atoms with van der Waals surface area (Å²) in [6.45, 7) is 15.7. The first kappa shape index (κ1) is 30.5. The van der Waals surface area contributed by atoms with E-state index in [9.17, 15) is 5.11 Å². The molecule has 6 aliphatic rings. The zero-order valence-electron chi connectivity index (χ0n) is 25.2. The third kappa shape index (κ3) is 6.35. The second-order valence-corrected chi connectivity index (χ2v) is 13.5. The van der Waals surface area contributed by atoms with Crippen molar-refractivity contribution in [3.05, 3.63) is 0 Å². The van der Waals surface area contributed by atoms with Gasteiger partial charge in [0, 0.05) is 5.92 Å². The van der Waals surface area contributed by atoms with Crippen LogP contribution in [0.25, 0.3) is 0 Å². The second-order valence-electron chi connectivity index (χ2n) is 13.5. The highest BCUT2D eigenvalue weighted by molar-refractivity contribution is 5.01. The van der Waals surface area contributed by atoms with E-state index in [1.165, 1.54) is 0 Å². The molecule has 236 valence electrons. The highest BCUT2D eigenvalue weighted by Gasteiger charge is 2.62. The van der Waals surface area contributed by atoms with Crippen molar-refractivity contribution in [2.45, 2.75) is 140 Å². The number of aliphatic hydroxyl groups is 1. The van der Waals surface area contributed by atoms with Gasteiger partial charge in [-0.25, -0.2) is 0 Å². The maximum absolute atomic E-state index is 10.0. The molecule has 0 aromatic heterocycles. The van der Waals surface area contributed by atoms with Crippen LogP contribution >= 0.6 is 0 Å². The van der Waals surface area contributed by atoms with Gasteiger partial charge in [-0.3, -0.25) is 0 Å². The van der Waals surface area contributed by atoms with Crippen LogP contribution in [0.5, 0.6) is 0 Å². The normalized spacial score (nSPS) is 44.9. The van der Waals surface area contributed by atoms with Gasteiger partial charge >= 0.3 is 0 Å². The summed E-state index contributed by atoms with van der Waals surface area (Å²) in [5.41, 5.74) is 0. The van der Waals surface area contributed by atoms with E-state index in [1.807, 2.05) is 55.4 Å². The monoisotopic (exact) mass is 590 g/mol. The maximum atomic E-state index is 10.0. The van der Waals surface area contributed by atoms with Gasteiger partial charge in [0.1, 0.15) is 48.8 Å². The summed E-state index contributed by atoms with van der Waals surface area (Å²) in [4.78, 5) is 0. The molecule has 0 spiro atoms. The van der Waals surface area contributed by atoms with Gasteiger partial charge in [0.05, 0.1) is 33.0 Å². The molecule has 0 unspecified atom stereocenters. The zero-order valence-corrected chi connectivity index (χ0v) is 25.2. The Hall–Kier alpha value is -0.520. The largest absolute Gasteiger partial charge is 0.396 e. The average molecular weight is 591 g/mol. The van der Waals surface area contributed by atoms with Crippen molar-refractivity contribution in [3.63, 3.8) is 0 Å². The minimum Gasteiger partial charge on any atom is -0.396 e. The first-order chi connectivity index (χ1) is 19.1. The van der Waals surface area contributed by atoms with Crippen LogP contribution in [0.15, 0.2) is 0 Å². The zero-order chi connectivity index (χ0) is 29.4. The smallest absolute Gasteiger partial charge is 0.190 e. The summed E-state index contributed by atoms with van der Waals surface area (Å²) in [6, 6.07) is 0. The lowest BCUT2D eigenvalue weighted by Crippen LogP contribution is -2.56. The lowest BCUT2D eigenvalue weighted by atomic mass is 9.99. The van der Waals surface area contributed by atoms with E-state index < -0.39 is 60.1 Å². The number of hydrogen-bond acceptors (Lipinski definition) is 13. The first-order valence-electron chi connectivity index (χ1n) is 14.6. The molecule has 13 heteroatoms. The Morgan fingerprint density at radius 3 is 1.24 bits per heavy atom. The van der Waals surface area contributed by atoms with Crippen LogP contribution in [-0.2, 0) is 56.8 Å². The predicted octanol–water partition coefficient (Wildman–Crippen LogP) is 1.42. The van der Waals surface area contributed by atoms with Crippen molar-refractivity contribution in [2.75, 3.05) is 33.0 Å². The predicted molar refractivity (Wildman–Crippen MR) is 137 cm³/mol. The molecule has 6 saturated heterocycles. The average Bonchev–Trinajstić information content (AvgIpc) is 3.55. The molecule has 0 bridgehead atoms. The van der Waals surface area contributed by atoms with Gasteiger partial charge in [-0.05, 0) is 55.4 Å². The number of ether oxygens (including phenoxy) is 12. The van der Waals surface area contributed by atoms with Crippen LogP contribution in [0.4, 0.5) is 0 Å². The summed E-state index contributed by atoms with van der Waals surface area (Å²) in [5, 5.41) is 10.0. The van der Waals surface area contributed by atoms with E-state index in [4.69, 9.17) is 56.8 Å². The lowest BCUT2D eigenvalue weighted by molar-refractivity contribution is -0.245. The Labute approximate surface area is 241 Å². The number of fused-ring (bicyclic) bond motifs is 6. The van der Waals surface area contributed by atoms with Crippen LogP contribution in [0.1, 0.15) is 55.4 Å². The molecule has 1 N–H and O–H groups in total. The topological polar surface area (TPSA) is 131 Å². The molecule has 0 saturated carbocycles. The Morgan fingerprint density at radius 1 is 0.512 bits per heavy atom. The molecule has 6 aliphatic heterocycles. The molecule has 10 atom stereocenters. The van der Waals surface area contributed by atoms with Gasteiger partial charge in [0.2, 0.25) is 0 Å². The Balaban J connectivity index is 0.999. The number of hydrogen-bond donors (Lipinski definition) is 1. The highest BCUT2D eigenvalue weighted by Crippen LogP contribution is 2.45. The number of aliphatic hydroxyl groups excluding tert-OH is 1. The van der Waals surface area contributed by atoms with Crippen LogP contribution in [0.3, 0.4) is 0 Å². The molecule has 0 amide bonds. The van der Waals surface area contributed by atoms with E-state index >= 15 is 0 Å². The van der Waals surface area contributed by atoms with Gasteiger partial charge < -0.3 is 61.9 Å². The van der Waals surface area contributed by atoms with Crippen molar-refractivity contribution >= 4 is 0 Å². The van der Waals surface area contributed by atoms with Gasteiger partial charge in [0.15, 0.2) is 35.7 Å². The molecular weight excluding hydrogens is 544 g/mol. The second kappa shape index (κ2) is 10.8. The van der Waals surface area contributed by atoms with Gasteiger partial charge in [-0.2, -0.15) is 0 Å². The van der Waals surface area contributed by atoms with Crippen molar-refractivity contribution in [2.24, 2.45) is 5.92 Å². The van der Waals surface area contributed by atoms with Crippen molar-refractivity contribution in [1.82, 2.24) is 0 Å². The van der Waals surface area contributed by atoms with Crippen LogP contribution in [0.2, 0.25) is 0 Å². The van der Waals surface area contributed by atoms with Gasteiger partial charge in [-0.15, -0.1) is 0 Å². The summed E-state index contributed by atoms with van der Waals surface area (Å²) in [6.07, 6.45) is -4.26. The molecule has 6 heterocycles. The Bertz CT molecular complexity index is 868. The SMILES string of the molecule is CC1(C)O[C@H]2[C@@H](O1)[C@@H](COCC(CO)COC[C@H]1O[C@@H]3OC(C)(C)O[C@@H]3[C@H]3OC(C)(C)O[C@H]31)O[C@@H]1OC(C)(C)O[C@@H]12. The van der Waals surface area contributed by atoms with Crippen molar-refractivity contribution in [1.29, 1.82) is 0 Å². The van der Waals surface area contributed by atoms with Crippen LogP contribution in [0, 0.1) is 5.92 Å². The van der Waals surface area contributed by atoms with Crippen LogP contribution < -0.4 is 0 Å². The molecule has 0 aromatic rings. The maximum Gasteiger partial charge on any atom is 0.190 e. The molecule has 0 radical (unpaired) electrons. The molecular formula is C28H46O13. The molecule has 13 nitrogen and oxygen atoms in total. The Kier molecular flexibility index (Phi) is 8.06. The summed E-state index contributed by atoms with van der Waals surface area (Å²) >= 11 is 0. The van der Waals surface area contributed by atoms with E-state index in [0.29, 0.717) is 0 Å². The minimum atomic E-state index is -0.785. The highest BCUT2D eigenvalue weighted by atomic mass is 16.9. The summed E-state index contributed by atoms with van der Waals surface area (Å²) in [7, 11) is 0. The van der Waals surface area contributed by atoms with E-state index in [2.05, 4.69) is 0 Å². The third-order valence-corrected chi connectivity index (χ3v) is 8.03. The Morgan fingerprint density at radius 2 is 0.854 bits per heavy atom. The molecule has 6 fully saturated rings. The van der Waals surface area contributed by atoms with E-state index in [1.54, 1.807) is 0 Å². The van der Waals surface area contributed by atoms with Gasteiger partial charge in [0.25, 0.3) is 0 Å². The lowest BCUT2D eigenvalue weighted by Gasteiger charge is -2.37. The fraction of sp³-hybridized carbons (Fsp3) is 1.00. The van der Waals surface area contributed by atoms with Crippen molar-refractivity contribution in [3.8, 4) is 0 Å². The van der Waals surface area contributed by atoms with Gasteiger partial charge in [-0.1, -0.05) is 0 Å². The minimum absolute atomic E-state index is 0.111. The van der Waals surface area contributed by atoms with E-state index in [-0.39, 0.29) is 63.4 Å². The quantitative estimate of drug-likeness (QED) is 0.416. The van der Waals surface area contributed by atoms with Crippen molar-refractivity contribution < 1.29 is 61.9 Å². The van der Waals surface area contributed by atoms with Crippen LogP contribution in [-0.4, -0.2) is 123 Å². The molecule has 0 aliphatic carbocycles. The third-order valence-electron chi connectivity index (χ3n) is 8.03. The summed E-state index contributed by atoms with van der Waals surface area (Å²) < 4.78 is 73.1. The standard InChI is InChI=1S/C28H46O13/c1-25(2)34-17-15(32-23-21(19(17)36-25)38-27(5,6)40-23)12-30-10-14(9-29)11-31-13-16-18-20(37-26(3,4)35-18)22-24(33-16)41-28(7,8)39-22/h14-24,29H,9-13H2,1-8H3/t15-,16-,17+,18+,19+,20+,21-,22-,23-,24-/m1/s1.